The number of hydrogen-bond acceptors (Lipinski definition) is 4. The standard InChI is InChI=1S/2C10H11F7O2.Ba.2H/c2*1-7(2,3)5(18)4-6(19)8(11,12)9(13,14)10(15,16)17;;;/h2*4H2,1-3H3;;;/q;;+2;2*-1. The molecule has 39 heavy (non-hydrogen) atoms. The summed E-state index contributed by atoms with van der Waals surface area (Å²) in [5, 5.41) is 0. The zero-order chi connectivity index (χ0) is 31.7. The minimum atomic E-state index is -6.59. The van der Waals surface area contributed by atoms with Crippen LogP contribution in [0.1, 0.15) is 57.2 Å². The molecule has 0 N–H and O–H groups in total. The van der Waals surface area contributed by atoms with E-state index in [1.54, 1.807) is 0 Å². The topological polar surface area (TPSA) is 68.3 Å². The Bertz CT molecular complexity index is 845. The van der Waals surface area contributed by atoms with Gasteiger partial charge in [0.25, 0.3) is 0 Å². The number of rotatable bonds is 8. The van der Waals surface area contributed by atoms with Crippen LogP contribution in [0, 0.1) is 10.8 Å². The van der Waals surface area contributed by atoms with Crippen molar-refractivity contribution < 1.29 is 83.5 Å². The van der Waals surface area contributed by atoms with Crippen LogP contribution in [0.3, 0.4) is 0 Å². The van der Waals surface area contributed by atoms with E-state index in [4.69, 9.17) is 0 Å². The third-order valence-corrected chi connectivity index (χ3v) is 4.52. The molecular formula is C20H24BaF14O4. The van der Waals surface area contributed by atoms with Gasteiger partial charge in [0.1, 0.15) is 11.6 Å². The molecule has 0 aromatic rings. The average Bonchev–Trinajstić information content (AvgIpc) is 2.64. The minimum Gasteiger partial charge on any atom is -1.00 e. The summed E-state index contributed by atoms with van der Waals surface area (Å²) >= 11 is 0. The number of Topliss-reactive ketones (excluding diaryl/α,β-unsaturated/α-hetero) is 4. The van der Waals surface area contributed by atoms with Gasteiger partial charge < -0.3 is 2.85 Å². The summed E-state index contributed by atoms with van der Waals surface area (Å²) < 4.78 is 172. The van der Waals surface area contributed by atoms with Crippen molar-refractivity contribution in [3.05, 3.63) is 0 Å². The third-order valence-electron chi connectivity index (χ3n) is 4.52. The Labute approximate surface area is 255 Å². The Morgan fingerprint density at radius 3 is 0.744 bits per heavy atom. The molecule has 0 saturated carbocycles. The predicted octanol–water partition coefficient (Wildman–Crippen LogP) is 6.63. The maximum atomic E-state index is 12.9. The number of alkyl halides is 14. The first-order valence-electron chi connectivity index (χ1n) is 9.88. The largest absolute Gasteiger partial charge is 2.00 e. The molecule has 0 fully saturated rings. The van der Waals surface area contributed by atoms with Gasteiger partial charge in [-0.3, -0.25) is 19.2 Å². The second-order valence-corrected chi connectivity index (χ2v) is 9.84. The van der Waals surface area contributed by atoms with Crippen LogP contribution in [0.25, 0.3) is 0 Å². The molecule has 0 heterocycles. The second kappa shape index (κ2) is 13.1. The molecule has 4 nitrogen and oxygen atoms in total. The van der Waals surface area contributed by atoms with Crippen molar-refractivity contribution in [1.29, 1.82) is 0 Å². The molecule has 0 radical (unpaired) electrons. The van der Waals surface area contributed by atoms with E-state index in [0.29, 0.717) is 0 Å². The summed E-state index contributed by atoms with van der Waals surface area (Å²) in [7, 11) is 0. The molecule has 0 unspecified atom stereocenters. The monoisotopic (exact) mass is 732 g/mol. The van der Waals surface area contributed by atoms with Crippen LogP contribution >= 0.6 is 0 Å². The number of ketones is 4. The minimum absolute atomic E-state index is 0. The van der Waals surface area contributed by atoms with Crippen molar-refractivity contribution in [2.75, 3.05) is 0 Å². The van der Waals surface area contributed by atoms with Crippen LogP contribution in [-0.4, -0.2) is 108 Å². The Kier molecular flexibility index (Phi) is 14.3. The SMILES string of the molecule is CC(C)(C)C(=O)CC(=O)C(F)(F)C(F)(F)C(F)(F)F.CC(C)(C)C(=O)CC(=O)C(F)(F)C(F)(F)C(F)(F)F.[Ba+2].[H-].[H-]. The Morgan fingerprint density at radius 1 is 0.436 bits per heavy atom. The molecule has 0 aliphatic carbocycles. The van der Waals surface area contributed by atoms with E-state index in [0.717, 1.165) is 0 Å². The Balaban J connectivity index is -0.000000196. The van der Waals surface area contributed by atoms with Crippen molar-refractivity contribution in [1.82, 2.24) is 0 Å². The molecule has 0 aromatic carbocycles. The fourth-order valence-corrected chi connectivity index (χ4v) is 1.75. The summed E-state index contributed by atoms with van der Waals surface area (Å²) in [6, 6.07) is 0. The summed E-state index contributed by atoms with van der Waals surface area (Å²) in [5.74, 6) is -32.8. The van der Waals surface area contributed by atoms with Crippen molar-refractivity contribution in [2.45, 2.75) is 90.4 Å². The van der Waals surface area contributed by atoms with Gasteiger partial charge in [0.05, 0.1) is 12.8 Å². The maximum Gasteiger partial charge on any atom is 2.00 e. The molecular weight excluding hydrogens is 708 g/mol. The summed E-state index contributed by atoms with van der Waals surface area (Å²) in [5.41, 5.74) is -2.61. The molecule has 19 heteroatoms. The van der Waals surface area contributed by atoms with E-state index in [1.165, 1.54) is 41.5 Å². The van der Waals surface area contributed by atoms with Gasteiger partial charge in [0.15, 0.2) is 0 Å². The third kappa shape index (κ3) is 10.2. The Hall–Kier alpha value is -0.729. The molecule has 0 atom stereocenters. The van der Waals surface area contributed by atoms with Gasteiger partial charge in [-0.15, -0.1) is 0 Å². The number of hydrogen-bond donors (Lipinski definition) is 0. The van der Waals surface area contributed by atoms with Crippen molar-refractivity contribution >= 4 is 72.0 Å². The van der Waals surface area contributed by atoms with Gasteiger partial charge in [0, 0.05) is 10.8 Å². The summed E-state index contributed by atoms with van der Waals surface area (Å²) in [4.78, 5) is 44.2. The number of halogens is 14. The normalized spacial score (nSPS) is 14.1. The van der Waals surface area contributed by atoms with E-state index >= 15 is 0 Å². The molecule has 0 rings (SSSR count). The number of carbonyl (C=O) groups is 4. The second-order valence-electron chi connectivity index (χ2n) is 9.84. The molecule has 0 aromatic heterocycles. The first kappa shape index (κ1) is 42.7. The van der Waals surface area contributed by atoms with E-state index in [2.05, 4.69) is 0 Å². The molecule has 228 valence electrons. The molecule has 0 aliphatic rings. The van der Waals surface area contributed by atoms with Gasteiger partial charge >= 0.3 is 84.9 Å². The van der Waals surface area contributed by atoms with Crippen LogP contribution in [0.2, 0.25) is 0 Å². The zero-order valence-electron chi connectivity index (χ0n) is 23.0. The van der Waals surface area contributed by atoms with Crippen molar-refractivity contribution in [3.63, 3.8) is 0 Å². The van der Waals surface area contributed by atoms with E-state index < -0.39 is 82.8 Å². The summed E-state index contributed by atoms with van der Waals surface area (Å²) in [6.45, 7) is 7.27. The fraction of sp³-hybridized carbons (Fsp3) is 0.800. The first-order chi connectivity index (χ1) is 16.1. The van der Waals surface area contributed by atoms with Gasteiger partial charge in [-0.05, 0) is 0 Å². The fourth-order valence-electron chi connectivity index (χ4n) is 1.75. The molecule has 0 saturated heterocycles. The van der Waals surface area contributed by atoms with Crippen LogP contribution in [0.4, 0.5) is 61.5 Å². The van der Waals surface area contributed by atoms with Gasteiger partial charge in [-0.2, -0.15) is 61.5 Å². The van der Waals surface area contributed by atoms with E-state index in [-0.39, 0.29) is 51.7 Å². The predicted molar refractivity (Wildman–Crippen MR) is 108 cm³/mol. The zero-order valence-corrected chi connectivity index (χ0v) is 25.5. The van der Waals surface area contributed by atoms with Crippen molar-refractivity contribution in [2.24, 2.45) is 10.8 Å². The van der Waals surface area contributed by atoms with Gasteiger partial charge in [-0.1, -0.05) is 41.5 Å². The molecule has 0 bridgehead atoms. The van der Waals surface area contributed by atoms with E-state index in [1.807, 2.05) is 0 Å². The van der Waals surface area contributed by atoms with Crippen LogP contribution in [0.15, 0.2) is 0 Å². The quantitative estimate of drug-likeness (QED) is 0.160. The number of carbonyl (C=O) groups excluding carboxylic acids is 4. The van der Waals surface area contributed by atoms with Gasteiger partial charge in [0.2, 0.25) is 11.6 Å². The van der Waals surface area contributed by atoms with Crippen LogP contribution in [-0.2, 0) is 19.2 Å². The van der Waals surface area contributed by atoms with Crippen LogP contribution < -0.4 is 0 Å². The molecule has 0 amide bonds. The maximum absolute atomic E-state index is 12.9. The smallest absolute Gasteiger partial charge is 1.00 e. The first-order valence-corrected chi connectivity index (χ1v) is 9.88. The molecule has 0 aliphatic heterocycles. The van der Waals surface area contributed by atoms with Crippen molar-refractivity contribution in [3.8, 4) is 0 Å². The average molecular weight is 732 g/mol. The summed E-state index contributed by atoms with van der Waals surface area (Å²) in [6.07, 6.45) is -16.6. The van der Waals surface area contributed by atoms with Gasteiger partial charge in [-0.25, -0.2) is 0 Å². The Morgan fingerprint density at radius 2 is 0.615 bits per heavy atom. The van der Waals surface area contributed by atoms with Crippen LogP contribution in [0.5, 0.6) is 0 Å². The van der Waals surface area contributed by atoms with E-state index in [9.17, 15) is 80.6 Å². The molecule has 0 spiro atoms.